The fraction of sp³-hybridized carbons (Fsp3) is 0.529. The lowest BCUT2D eigenvalue weighted by Crippen LogP contribution is -2.55. The summed E-state index contributed by atoms with van der Waals surface area (Å²) in [5, 5.41) is 3.18. The Balaban J connectivity index is 1.93. The van der Waals surface area contributed by atoms with E-state index in [1.807, 2.05) is 31.2 Å². The smallest absolute Gasteiger partial charge is 0.230 e. The van der Waals surface area contributed by atoms with E-state index in [4.69, 9.17) is 5.73 Å². The molecule has 23 heavy (non-hydrogen) atoms. The summed E-state index contributed by atoms with van der Waals surface area (Å²) in [6, 6.07) is 7.94. The molecule has 2 aromatic rings. The van der Waals surface area contributed by atoms with Crippen molar-refractivity contribution in [3.63, 3.8) is 0 Å². The van der Waals surface area contributed by atoms with E-state index >= 15 is 0 Å². The third-order valence-corrected chi connectivity index (χ3v) is 5.53. The fourth-order valence-corrected chi connectivity index (χ4v) is 2.97. The van der Waals surface area contributed by atoms with E-state index in [0.717, 1.165) is 16.9 Å². The van der Waals surface area contributed by atoms with Crippen LogP contribution in [-0.4, -0.2) is 33.7 Å². The van der Waals surface area contributed by atoms with E-state index in [1.54, 1.807) is 11.8 Å². The maximum atomic E-state index is 12.2. The number of nitrogens with zero attached hydrogens (tertiary/aromatic N) is 1. The molecule has 0 saturated heterocycles. The number of benzene rings is 1. The Bertz CT molecular complexity index is 636. The van der Waals surface area contributed by atoms with Crippen LogP contribution >= 0.6 is 11.8 Å². The molecule has 4 N–H and O–H groups in total. The zero-order chi connectivity index (χ0) is 17.0. The molecule has 0 aliphatic rings. The second-order valence-corrected chi connectivity index (χ2v) is 7.75. The molecule has 0 aliphatic carbocycles. The first-order valence-electron chi connectivity index (χ1n) is 7.93. The largest absolute Gasteiger partial charge is 0.349 e. The maximum absolute atomic E-state index is 12.2. The Morgan fingerprint density at radius 3 is 2.70 bits per heavy atom. The molecule has 2 unspecified atom stereocenters. The highest BCUT2D eigenvalue weighted by Gasteiger charge is 2.28. The summed E-state index contributed by atoms with van der Waals surface area (Å²) >= 11 is 1.57. The molecule has 1 amide bonds. The Morgan fingerprint density at radius 1 is 1.39 bits per heavy atom. The summed E-state index contributed by atoms with van der Waals surface area (Å²) in [4.78, 5) is 20.1. The van der Waals surface area contributed by atoms with Crippen LogP contribution in [0.25, 0.3) is 11.0 Å². The monoisotopic (exact) mass is 334 g/mol. The Kier molecular flexibility index (Phi) is 5.70. The number of hydrogen-bond donors (Lipinski definition) is 3. The number of hydrogen-bond acceptors (Lipinski definition) is 4. The maximum Gasteiger partial charge on any atom is 0.230 e. The molecule has 0 fully saturated rings. The number of amides is 1. The van der Waals surface area contributed by atoms with E-state index in [-0.39, 0.29) is 22.6 Å². The fourth-order valence-electron chi connectivity index (χ4n) is 2.23. The molecule has 1 aromatic carbocycles. The number of aromatic amines is 1. The van der Waals surface area contributed by atoms with Gasteiger partial charge in [0, 0.05) is 6.54 Å². The van der Waals surface area contributed by atoms with Gasteiger partial charge in [0.05, 0.1) is 27.6 Å². The molecule has 2 rings (SSSR count). The second-order valence-electron chi connectivity index (χ2n) is 6.42. The standard InChI is InChI=1S/C17H26N4OS/c1-11(2)17(4,10-18)21-15(22)9-23-12(3)16-19-13-7-5-6-8-14(13)20-16/h5-8,11-12H,9-10,18H2,1-4H3,(H,19,20)(H,21,22). The van der Waals surface area contributed by atoms with Crippen molar-refractivity contribution in [3.8, 4) is 0 Å². The van der Waals surface area contributed by atoms with Gasteiger partial charge in [0.2, 0.25) is 5.91 Å². The molecule has 5 nitrogen and oxygen atoms in total. The quantitative estimate of drug-likeness (QED) is 0.727. The van der Waals surface area contributed by atoms with Gasteiger partial charge in [-0.25, -0.2) is 4.98 Å². The Hall–Kier alpha value is -1.53. The van der Waals surface area contributed by atoms with Crippen LogP contribution in [-0.2, 0) is 4.79 Å². The summed E-state index contributed by atoms with van der Waals surface area (Å²) in [6.07, 6.45) is 0. The minimum atomic E-state index is -0.361. The second kappa shape index (κ2) is 7.36. The predicted octanol–water partition coefficient (Wildman–Crippen LogP) is 2.85. The van der Waals surface area contributed by atoms with Gasteiger partial charge in [-0.2, -0.15) is 0 Å². The topological polar surface area (TPSA) is 83.8 Å². The lowest BCUT2D eigenvalue weighted by atomic mass is 9.88. The number of thioether (sulfide) groups is 1. The van der Waals surface area contributed by atoms with Crippen molar-refractivity contribution in [1.82, 2.24) is 15.3 Å². The summed E-state index contributed by atoms with van der Waals surface area (Å²) in [6.45, 7) is 8.61. The number of carbonyl (C=O) groups excluding carboxylic acids is 1. The number of aromatic nitrogens is 2. The minimum absolute atomic E-state index is 0.0135. The molecule has 0 radical (unpaired) electrons. The van der Waals surface area contributed by atoms with Gasteiger partial charge >= 0.3 is 0 Å². The van der Waals surface area contributed by atoms with Crippen LogP contribution < -0.4 is 11.1 Å². The van der Waals surface area contributed by atoms with Crippen molar-refractivity contribution in [1.29, 1.82) is 0 Å². The SMILES string of the molecule is CC(SCC(=O)NC(C)(CN)C(C)C)c1nc2ccccc2[nH]1. The van der Waals surface area contributed by atoms with Crippen molar-refractivity contribution >= 4 is 28.7 Å². The third kappa shape index (κ3) is 4.26. The predicted molar refractivity (Wildman–Crippen MR) is 97.4 cm³/mol. The van der Waals surface area contributed by atoms with Crippen molar-refractivity contribution < 1.29 is 4.79 Å². The summed E-state index contributed by atoms with van der Waals surface area (Å²) in [5.41, 5.74) is 7.43. The van der Waals surface area contributed by atoms with Crippen LogP contribution in [0, 0.1) is 5.92 Å². The van der Waals surface area contributed by atoms with Crippen LogP contribution in [0.1, 0.15) is 38.8 Å². The number of nitrogens with two attached hydrogens (primary N) is 1. The summed E-state index contributed by atoms with van der Waals surface area (Å²) in [5.74, 6) is 1.59. The number of fused-ring (bicyclic) bond motifs is 1. The van der Waals surface area contributed by atoms with Crippen LogP contribution in [0.3, 0.4) is 0 Å². The van der Waals surface area contributed by atoms with Crippen LogP contribution in [0.5, 0.6) is 0 Å². The van der Waals surface area contributed by atoms with E-state index in [2.05, 4.69) is 36.1 Å². The molecule has 0 spiro atoms. The highest BCUT2D eigenvalue weighted by atomic mass is 32.2. The first-order valence-corrected chi connectivity index (χ1v) is 8.98. The van der Waals surface area contributed by atoms with Gasteiger partial charge in [-0.05, 0) is 31.9 Å². The number of rotatable bonds is 7. The van der Waals surface area contributed by atoms with Crippen molar-refractivity contribution in [2.45, 2.75) is 38.5 Å². The van der Waals surface area contributed by atoms with E-state index in [0.29, 0.717) is 12.3 Å². The average Bonchev–Trinajstić information content (AvgIpc) is 2.96. The van der Waals surface area contributed by atoms with Gasteiger partial charge in [-0.3, -0.25) is 4.79 Å². The first-order chi connectivity index (χ1) is 10.9. The number of imidazole rings is 1. The highest BCUT2D eigenvalue weighted by Crippen LogP contribution is 2.27. The van der Waals surface area contributed by atoms with Gasteiger partial charge in [0.15, 0.2) is 0 Å². The van der Waals surface area contributed by atoms with Gasteiger partial charge in [-0.15, -0.1) is 11.8 Å². The Labute approximate surface area is 141 Å². The molecule has 1 heterocycles. The highest BCUT2D eigenvalue weighted by molar-refractivity contribution is 8.00. The lowest BCUT2D eigenvalue weighted by Gasteiger charge is -2.33. The molecule has 1 aromatic heterocycles. The molecular weight excluding hydrogens is 308 g/mol. The normalized spacial score (nSPS) is 15.6. The minimum Gasteiger partial charge on any atom is -0.349 e. The van der Waals surface area contributed by atoms with Crippen molar-refractivity contribution in [3.05, 3.63) is 30.1 Å². The zero-order valence-electron chi connectivity index (χ0n) is 14.2. The number of H-pyrrole nitrogens is 1. The molecule has 2 atom stereocenters. The number of carbonyl (C=O) groups is 1. The van der Waals surface area contributed by atoms with Crippen LogP contribution in [0.2, 0.25) is 0 Å². The molecule has 126 valence electrons. The van der Waals surface area contributed by atoms with Crippen molar-refractivity contribution in [2.75, 3.05) is 12.3 Å². The molecule has 0 aliphatic heterocycles. The number of nitrogens with one attached hydrogen (secondary N) is 2. The molecule has 6 heteroatoms. The average molecular weight is 334 g/mol. The molecular formula is C17H26N4OS. The first kappa shape index (κ1) is 17.8. The van der Waals surface area contributed by atoms with E-state index in [9.17, 15) is 4.79 Å². The third-order valence-electron chi connectivity index (χ3n) is 4.38. The van der Waals surface area contributed by atoms with E-state index < -0.39 is 0 Å². The zero-order valence-corrected chi connectivity index (χ0v) is 15.0. The van der Waals surface area contributed by atoms with Gasteiger partial charge in [0.25, 0.3) is 0 Å². The molecule has 0 saturated carbocycles. The number of para-hydroxylation sites is 2. The van der Waals surface area contributed by atoms with Gasteiger partial charge in [-0.1, -0.05) is 26.0 Å². The lowest BCUT2D eigenvalue weighted by molar-refractivity contribution is -0.120. The van der Waals surface area contributed by atoms with Crippen LogP contribution in [0.4, 0.5) is 0 Å². The van der Waals surface area contributed by atoms with E-state index in [1.165, 1.54) is 0 Å². The van der Waals surface area contributed by atoms with Gasteiger partial charge < -0.3 is 16.0 Å². The Morgan fingerprint density at radius 2 is 2.09 bits per heavy atom. The van der Waals surface area contributed by atoms with Crippen LogP contribution in [0.15, 0.2) is 24.3 Å². The van der Waals surface area contributed by atoms with Gasteiger partial charge in [0.1, 0.15) is 5.82 Å². The summed E-state index contributed by atoms with van der Waals surface area (Å²) in [7, 11) is 0. The summed E-state index contributed by atoms with van der Waals surface area (Å²) < 4.78 is 0. The molecule has 0 bridgehead atoms. The van der Waals surface area contributed by atoms with Crippen molar-refractivity contribution in [2.24, 2.45) is 11.7 Å².